The predicted octanol–water partition coefficient (Wildman–Crippen LogP) is 1.09. The molecule has 1 aromatic rings. The van der Waals surface area contributed by atoms with Crippen molar-refractivity contribution in [2.24, 2.45) is 0 Å². The van der Waals surface area contributed by atoms with Crippen LogP contribution >= 0.6 is 0 Å². The molecule has 122 valence electrons. The number of Topliss-reactive ketones (excluding diaryl/α,β-unsaturated/α-hetero) is 1. The second-order valence-corrected chi connectivity index (χ2v) is 4.76. The minimum Gasteiger partial charge on any atom is -0.480 e. The fourth-order valence-electron chi connectivity index (χ4n) is 1.79. The Morgan fingerprint density at radius 1 is 1.09 bits per heavy atom. The summed E-state index contributed by atoms with van der Waals surface area (Å²) in [5, 5.41) is 19.8. The third kappa shape index (κ3) is 7.03. The molecule has 3 N–H and O–H groups in total. The van der Waals surface area contributed by atoms with Crippen molar-refractivity contribution in [3.05, 3.63) is 42.0 Å². The molecule has 7 heteroatoms. The summed E-state index contributed by atoms with van der Waals surface area (Å²) in [6, 6.07) is 7.83. The molecule has 0 aromatic heterocycles. The zero-order valence-corrected chi connectivity index (χ0v) is 12.3. The number of nitrogens with one attached hydrogen (secondary N) is 1. The number of carboxylic acids is 2. The highest BCUT2D eigenvalue weighted by atomic mass is 16.4. The number of hydrogen-bond donors (Lipinski definition) is 3. The van der Waals surface area contributed by atoms with E-state index in [9.17, 15) is 19.2 Å². The number of amides is 1. The van der Waals surface area contributed by atoms with Gasteiger partial charge in [0.05, 0.1) is 0 Å². The molecule has 0 saturated carbocycles. The maximum absolute atomic E-state index is 11.7. The van der Waals surface area contributed by atoms with Gasteiger partial charge in [-0.05, 0) is 24.5 Å². The molecular weight excluding hydrogens is 302 g/mol. The van der Waals surface area contributed by atoms with E-state index in [1.54, 1.807) is 30.3 Å². The van der Waals surface area contributed by atoms with Gasteiger partial charge in [0.25, 0.3) is 0 Å². The Morgan fingerprint density at radius 3 is 2.30 bits per heavy atom. The molecule has 0 aliphatic heterocycles. The number of benzene rings is 1. The summed E-state index contributed by atoms with van der Waals surface area (Å²) in [6.45, 7) is 0. The SMILES string of the molecule is O=C(/C=C/c1ccccc1)N[C@@H](CCCC(=O)C(=O)O)C(=O)O. The van der Waals surface area contributed by atoms with Gasteiger partial charge in [-0.2, -0.15) is 0 Å². The Balaban J connectivity index is 2.50. The Kier molecular flexibility index (Phi) is 7.19. The van der Waals surface area contributed by atoms with Crippen molar-refractivity contribution >= 4 is 29.7 Å². The van der Waals surface area contributed by atoms with E-state index in [-0.39, 0.29) is 19.3 Å². The first-order valence-corrected chi connectivity index (χ1v) is 6.92. The summed E-state index contributed by atoms with van der Waals surface area (Å²) in [7, 11) is 0. The van der Waals surface area contributed by atoms with Crippen LogP contribution in [0, 0.1) is 0 Å². The lowest BCUT2D eigenvalue weighted by molar-refractivity contribution is -0.149. The van der Waals surface area contributed by atoms with E-state index in [0.717, 1.165) is 5.56 Å². The summed E-state index contributed by atoms with van der Waals surface area (Å²) in [5.74, 6) is -4.35. The third-order valence-electron chi connectivity index (χ3n) is 2.98. The minimum atomic E-state index is -1.55. The van der Waals surface area contributed by atoms with Gasteiger partial charge in [0.1, 0.15) is 6.04 Å². The molecule has 1 aromatic carbocycles. The molecule has 0 aliphatic carbocycles. The molecule has 0 bridgehead atoms. The van der Waals surface area contributed by atoms with Crippen LogP contribution in [0.25, 0.3) is 6.08 Å². The quantitative estimate of drug-likeness (QED) is 0.463. The van der Waals surface area contributed by atoms with Crippen molar-refractivity contribution in [2.45, 2.75) is 25.3 Å². The van der Waals surface area contributed by atoms with Crippen LogP contribution in [0.5, 0.6) is 0 Å². The van der Waals surface area contributed by atoms with E-state index in [2.05, 4.69) is 5.32 Å². The standard InChI is InChI=1S/C16H17NO6/c18-13(16(22)23)8-4-7-12(15(20)21)17-14(19)10-9-11-5-2-1-3-6-11/h1-3,5-6,9-10,12H,4,7-8H2,(H,17,19)(H,20,21)(H,22,23)/b10-9+/t12-/m0/s1. The summed E-state index contributed by atoms with van der Waals surface area (Å²) in [4.78, 5) is 44.1. The minimum absolute atomic E-state index is 0.0285. The highest BCUT2D eigenvalue weighted by Crippen LogP contribution is 2.04. The average molecular weight is 319 g/mol. The highest BCUT2D eigenvalue weighted by molar-refractivity contribution is 6.32. The van der Waals surface area contributed by atoms with Gasteiger partial charge in [0.15, 0.2) is 0 Å². The van der Waals surface area contributed by atoms with Crippen molar-refractivity contribution in [1.82, 2.24) is 5.32 Å². The van der Waals surface area contributed by atoms with E-state index in [0.29, 0.717) is 0 Å². The van der Waals surface area contributed by atoms with Crippen molar-refractivity contribution in [3.63, 3.8) is 0 Å². The van der Waals surface area contributed by atoms with E-state index < -0.39 is 29.7 Å². The number of carbonyl (C=O) groups is 4. The van der Waals surface area contributed by atoms with E-state index in [1.807, 2.05) is 6.07 Å². The van der Waals surface area contributed by atoms with Gasteiger partial charge < -0.3 is 15.5 Å². The first-order valence-electron chi connectivity index (χ1n) is 6.92. The van der Waals surface area contributed by atoms with E-state index in [1.165, 1.54) is 6.08 Å². The second kappa shape index (κ2) is 9.14. The van der Waals surface area contributed by atoms with Crippen LogP contribution in [0.1, 0.15) is 24.8 Å². The van der Waals surface area contributed by atoms with Gasteiger partial charge in [-0.15, -0.1) is 0 Å². The summed E-state index contributed by atoms with van der Waals surface area (Å²) >= 11 is 0. The molecular formula is C16H17NO6. The zero-order valence-electron chi connectivity index (χ0n) is 12.3. The molecule has 0 unspecified atom stereocenters. The van der Waals surface area contributed by atoms with Gasteiger partial charge in [-0.3, -0.25) is 9.59 Å². The second-order valence-electron chi connectivity index (χ2n) is 4.76. The van der Waals surface area contributed by atoms with Crippen LogP contribution in [0.4, 0.5) is 0 Å². The number of carboxylic acid groups (broad SMARTS) is 2. The van der Waals surface area contributed by atoms with Crippen molar-refractivity contribution in [2.75, 3.05) is 0 Å². The number of ketones is 1. The smallest absolute Gasteiger partial charge is 0.372 e. The van der Waals surface area contributed by atoms with Crippen LogP contribution in [0.2, 0.25) is 0 Å². The molecule has 0 aliphatic rings. The van der Waals surface area contributed by atoms with Crippen LogP contribution < -0.4 is 5.32 Å². The van der Waals surface area contributed by atoms with Gasteiger partial charge in [0, 0.05) is 12.5 Å². The molecule has 0 radical (unpaired) electrons. The van der Waals surface area contributed by atoms with Crippen LogP contribution in [0.15, 0.2) is 36.4 Å². The number of carbonyl (C=O) groups excluding carboxylic acids is 2. The van der Waals surface area contributed by atoms with Crippen LogP contribution in [-0.2, 0) is 19.2 Å². The molecule has 23 heavy (non-hydrogen) atoms. The number of hydrogen-bond acceptors (Lipinski definition) is 4. The van der Waals surface area contributed by atoms with Gasteiger partial charge in [-0.25, -0.2) is 9.59 Å². The maximum Gasteiger partial charge on any atom is 0.372 e. The number of aliphatic carboxylic acids is 2. The fraction of sp³-hybridized carbons (Fsp3) is 0.250. The zero-order chi connectivity index (χ0) is 17.2. The first-order chi connectivity index (χ1) is 10.9. The molecule has 0 heterocycles. The Bertz CT molecular complexity index is 608. The number of rotatable bonds is 9. The molecule has 1 rings (SSSR count). The monoisotopic (exact) mass is 319 g/mol. The summed E-state index contributed by atoms with van der Waals surface area (Å²) in [5.41, 5.74) is 0.793. The average Bonchev–Trinajstić information content (AvgIpc) is 2.52. The van der Waals surface area contributed by atoms with Crippen LogP contribution in [-0.4, -0.2) is 39.9 Å². The molecule has 0 fully saturated rings. The van der Waals surface area contributed by atoms with Crippen molar-refractivity contribution in [1.29, 1.82) is 0 Å². The summed E-state index contributed by atoms with van der Waals surface area (Å²) in [6.07, 6.45) is 2.52. The lowest BCUT2D eigenvalue weighted by Crippen LogP contribution is -2.40. The lowest BCUT2D eigenvalue weighted by atomic mass is 10.1. The third-order valence-corrected chi connectivity index (χ3v) is 2.98. The van der Waals surface area contributed by atoms with Crippen LogP contribution in [0.3, 0.4) is 0 Å². The highest BCUT2D eigenvalue weighted by Gasteiger charge is 2.20. The Hall–Kier alpha value is -2.96. The largest absolute Gasteiger partial charge is 0.480 e. The summed E-state index contributed by atoms with van der Waals surface area (Å²) < 4.78 is 0. The maximum atomic E-state index is 11.7. The van der Waals surface area contributed by atoms with Gasteiger partial charge in [-0.1, -0.05) is 30.3 Å². The predicted molar refractivity (Wildman–Crippen MR) is 81.5 cm³/mol. The van der Waals surface area contributed by atoms with Crippen molar-refractivity contribution < 1.29 is 29.4 Å². The van der Waals surface area contributed by atoms with E-state index >= 15 is 0 Å². The molecule has 0 spiro atoms. The molecule has 1 amide bonds. The first kappa shape index (κ1) is 18.1. The van der Waals surface area contributed by atoms with Crippen molar-refractivity contribution in [3.8, 4) is 0 Å². The van der Waals surface area contributed by atoms with Gasteiger partial charge in [0.2, 0.25) is 11.7 Å². The van der Waals surface area contributed by atoms with E-state index in [4.69, 9.17) is 10.2 Å². The lowest BCUT2D eigenvalue weighted by Gasteiger charge is -2.12. The molecule has 7 nitrogen and oxygen atoms in total. The molecule has 1 atom stereocenters. The fourth-order valence-corrected chi connectivity index (χ4v) is 1.79. The normalized spacial score (nSPS) is 11.8. The van der Waals surface area contributed by atoms with Gasteiger partial charge >= 0.3 is 11.9 Å². The topological polar surface area (TPSA) is 121 Å². The Labute approximate surface area is 132 Å². The Morgan fingerprint density at radius 2 is 1.74 bits per heavy atom. The molecule has 0 saturated heterocycles.